The summed E-state index contributed by atoms with van der Waals surface area (Å²) < 4.78 is 29.3. The highest BCUT2D eigenvalue weighted by Crippen LogP contribution is 2.13. The molecule has 0 bridgehead atoms. The summed E-state index contributed by atoms with van der Waals surface area (Å²) in [5, 5.41) is 0. The Hall–Kier alpha value is -0.860. The smallest absolute Gasteiger partial charge is 0.154 e. The molecule has 0 aromatic carbocycles. The maximum Gasteiger partial charge on any atom is 0.154 e. The van der Waals surface area contributed by atoms with Crippen molar-refractivity contribution < 1.29 is 13.5 Å². The minimum Gasteiger partial charge on any atom is -0.461 e. The highest BCUT2D eigenvalue weighted by atomic mass is 19.1. The second kappa shape index (κ2) is 4.11. The van der Waals surface area contributed by atoms with Gasteiger partial charge in [0, 0.05) is 0 Å². The fourth-order valence-electron chi connectivity index (χ4n) is 0.331. The average molecular weight is 162 g/mol. The molecule has 1 nitrogen and oxygen atoms in total. The molecule has 0 aromatic heterocycles. The van der Waals surface area contributed by atoms with Gasteiger partial charge in [-0.1, -0.05) is 13.2 Å². The van der Waals surface area contributed by atoms with Gasteiger partial charge < -0.3 is 4.74 Å². The van der Waals surface area contributed by atoms with Crippen molar-refractivity contribution >= 4 is 0 Å². The summed E-state index contributed by atoms with van der Waals surface area (Å²) in [5.41, 5.74) is 0. The number of halogens is 2. The monoisotopic (exact) mass is 162 g/mol. The van der Waals surface area contributed by atoms with Crippen LogP contribution in [0.1, 0.15) is 13.8 Å². The van der Waals surface area contributed by atoms with Gasteiger partial charge in [-0.05, 0) is 13.8 Å². The molecular formula is C8H12F2O. The van der Waals surface area contributed by atoms with Crippen molar-refractivity contribution in [1.29, 1.82) is 0 Å². The van der Waals surface area contributed by atoms with Crippen molar-refractivity contribution in [3.05, 3.63) is 24.7 Å². The zero-order valence-corrected chi connectivity index (χ0v) is 6.73. The highest BCUT2D eigenvalue weighted by molar-refractivity contribution is 4.99. The lowest BCUT2D eigenvalue weighted by molar-refractivity contribution is 0.183. The Kier molecular flexibility index (Phi) is 3.79. The molecule has 0 fully saturated rings. The van der Waals surface area contributed by atoms with Crippen LogP contribution in [0.4, 0.5) is 8.78 Å². The third-order valence-electron chi connectivity index (χ3n) is 1.15. The van der Waals surface area contributed by atoms with Crippen LogP contribution in [0.25, 0.3) is 0 Å². The molecule has 0 N–H and O–H groups in total. The van der Waals surface area contributed by atoms with E-state index in [-0.39, 0.29) is 11.5 Å². The van der Waals surface area contributed by atoms with Crippen LogP contribution in [0.2, 0.25) is 0 Å². The summed E-state index contributed by atoms with van der Waals surface area (Å²) in [6, 6.07) is 0. The molecular weight excluding hydrogens is 150 g/mol. The molecule has 0 aliphatic carbocycles. The van der Waals surface area contributed by atoms with Gasteiger partial charge in [-0.25, -0.2) is 8.78 Å². The fraction of sp³-hybridized carbons (Fsp3) is 0.500. The van der Waals surface area contributed by atoms with E-state index in [1.54, 1.807) is 0 Å². The molecule has 0 aliphatic rings. The van der Waals surface area contributed by atoms with Crippen LogP contribution < -0.4 is 0 Å². The molecule has 0 aliphatic heterocycles. The first-order valence-corrected chi connectivity index (χ1v) is 3.28. The van der Waals surface area contributed by atoms with Gasteiger partial charge in [0.15, 0.2) is 12.3 Å². The Morgan fingerprint density at radius 3 is 1.55 bits per heavy atom. The number of hydrogen-bond donors (Lipinski definition) is 0. The number of rotatable bonds is 4. The molecule has 0 heterocycles. The Balaban J connectivity index is 3.86. The molecule has 0 amide bonds. The van der Waals surface area contributed by atoms with Crippen molar-refractivity contribution in [3.8, 4) is 0 Å². The first-order valence-electron chi connectivity index (χ1n) is 3.28. The van der Waals surface area contributed by atoms with E-state index in [1.807, 2.05) is 0 Å². The van der Waals surface area contributed by atoms with Crippen LogP contribution in [0.15, 0.2) is 24.7 Å². The van der Waals surface area contributed by atoms with Crippen molar-refractivity contribution in [1.82, 2.24) is 0 Å². The zero-order chi connectivity index (χ0) is 9.02. The van der Waals surface area contributed by atoms with E-state index < -0.39 is 12.3 Å². The number of hydrogen-bond acceptors (Lipinski definition) is 1. The van der Waals surface area contributed by atoms with Gasteiger partial charge in [0.25, 0.3) is 0 Å². The Morgan fingerprint density at radius 1 is 1.09 bits per heavy atom. The van der Waals surface area contributed by atoms with E-state index in [2.05, 4.69) is 17.9 Å². The Bertz CT molecular complexity index is 143. The van der Waals surface area contributed by atoms with Crippen molar-refractivity contribution in [3.63, 3.8) is 0 Å². The van der Waals surface area contributed by atoms with Gasteiger partial charge >= 0.3 is 0 Å². The first-order chi connectivity index (χ1) is 4.95. The van der Waals surface area contributed by atoms with E-state index in [9.17, 15) is 8.78 Å². The second-order valence-electron chi connectivity index (χ2n) is 2.27. The van der Waals surface area contributed by atoms with Crippen LogP contribution in [0.5, 0.6) is 0 Å². The van der Waals surface area contributed by atoms with Crippen LogP contribution in [0, 0.1) is 0 Å². The lowest BCUT2D eigenvalue weighted by atomic mass is 10.3. The van der Waals surface area contributed by atoms with Gasteiger partial charge in [0.1, 0.15) is 11.5 Å². The van der Waals surface area contributed by atoms with Crippen LogP contribution in [-0.2, 0) is 4.74 Å². The van der Waals surface area contributed by atoms with E-state index in [1.165, 1.54) is 13.8 Å². The molecule has 0 aromatic rings. The molecule has 11 heavy (non-hydrogen) atoms. The largest absolute Gasteiger partial charge is 0.461 e. The SMILES string of the molecule is C=C(OC(=C)C(C)F)C(C)F. The fourth-order valence-corrected chi connectivity index (χ4v) is 0.331. The van der Waals surface area contributed by atoms with E-state index >= 15 is 0 Å². The second-order valence-corrected chi connectivity index (χ2v) is 2.27. The quantitative estimate of drug-likeness (QED) is 0.577. The van der Waals surface area contributed by atoms with Crippen molar-refractivity contribution in [2.75, 3.05) is 0 Å². The molecule has 2 unspecified atom stereocenters. The van der Waals surface area contributed by atoms with Gasteiger partial charge in [-0.15, -0.1) is 0 Å². The number of alkyl halides is 2. The summed E-state index contributed by atoms with van der Waals surface area (Å²) in [7, 11) is 0. The molecule has 3 heteroatoms. The topological polar surface area (TPSA) is 9.23 Å². The molecule has 0 spiro atoms. The Labute approximate surface area is 65.4 Å². The summed E-state index contributed by atoms with van der Waals surface area (Å²) >= 11 is 0. The lowest BCUT2D eigenvalue weighted by Gasteiger charge is -2.11. The third-order valence-corrected chi connectivity index (χ3v) is 1.15. The van der Waals surface area contributed by atoms with E-state index in [0.29, 0.717) is 0 Å². The van der Waals surface area contributed by atoms with E-state index in [0.717, 1.165) is 0 Å². The first kappa shape index (κ1) is 10.1. The third kappa shape index (κ3) is 3.75. The maximum absolute atomic E-state index is 12.3. The summed E-state index contributed by atoms with van der Waals surface area (Å²) in [6.07, 6.45) is -2.60. The minimum atomic E-state index is -1.30. The minimum absolute atomic E-state index is 0.112. The summed E-state index contributed by atoms with van der Waals surface area (Å²) in [5.74, 6) is -0.223. The van der Waals surface area contributed by atoms with Gasteiger partial charge in [-0.3, -0.25) is 0 Å². The van der Waals surface area contributed by atoms with Crippen molar-refractivity contribution in [2.45, 2.75) is 26.2 Å². The number of allylic oxidation sites excluding steroid dienone is 2. The predicted octanol–water partition coefficient (Wildman–Crippen LogP) is 2.75. The Morgan fingerprint density at radius 2 is 1.36 bits per heavy atom. The van der Waals surface area contributed by atoms with Crippen LogP contribution >= 0.6 is 0 Å². The van der Waals surface area contributed by atoms with Crippen LogP contribution in [-0.4, -0.2) is 12.3 Å². The predicted molar refractivity (Wildman–Crippen MR) is 40.5 cm³/mol. The van der Waals surface area contributed by atoms with Gasteiger partial charge in [-0.2, -0.15) is 0 Å². The summed E-state index contributed by atoms with van der Waals surface area (Å²) in [6.45, 7) is 9.03. The molecule has 0 saturated heterocycles. The van der Waals surface area contributed by atoms with Crippen molar-refractivity contribution in [2.24, 2.45) is 0 Å². The van der Waals surface area contributed by atoms with Gasteiger partial charge in [0.05, 0.1) is 0 Å². The summed E-state index contributed by atoms with van der Waals surface area (Å²) in [4.78, 5) is 0. The lowest BCUT2D eigenvalue weighted by Crippen LogP contribution is -2.06. The van der Waals surface area contributed by atoms with Crippen LogP contribution in [0.3, 0.4) is 0 Å². The van der Waals surface area contributed by atoms with Gasteiger partial charge in [0.2, 0.25) is 0 Å². The molecule has 0 rings (SSSR count). The molecule has 0 radical (unpaired) electrons. The molecule has 64 valence electrons. The molecule has 0 saturated carbocycles. The standard InChI is InChI=1S/C8H12F2O/c1-5(9)7(3)11-8(4)6(2)10/h5-6H,3-4H2,1-2H3. The number of ether oxygens (including phenoxy) is 1. The molecule has 2 atom stereocenters. The average Bonchev–Trinajstić information content (AvgIpc) is 1.87. The zero-order valence-electron chi connectivity index (χ0n) is 6.73. The maximum atomic E-state index is 12.3. The normalized spacial score (nSPS) is 15.3. The highest BCUT2D eigenvalue weighted by Gasteiger charge is 2.11. The van der Waals surface area contributed by atoms with E-state index in [4.69, 9.17) is 0 Å².